The number of carboxylic acid groups (broad SMARTS) is 1. The summed E-state index contributed by atoms with van der Waals surface area (Å²) in [4.78, 5) is 21.4. The van der Waals surface area contributed by atoms with Crippen LogP contribution in [0.3, 0.4) is 0 Å². The molecule has 0 rings (SSSR count). The molecule has 0 spiro atoms. The van der Waals surface area contributed by atoms with Crippen molar-refractivity contribution < 1.29 is 32.6 Å². The van der Waals surface area contributed by atoms with E-state index in [9.17, 15) is 22.8 Å². The second-order valence-electron chi connectivity index (χ2n) is 5.65. The van der Waals surface area contributed by atoms with Crippen LogP contribution in [0.15, 0.2) is 12.2 Å². The summed E-state index contributed by atoms with van der Waals surface area (Å²) in [6, 6.07) is 0.587. The SMILES string of the molecule is C[Si](C)(C)CCC(CC(F)(F)F)OC(=O)/C=C/C(=O)O. The molecule has 0 aliphatic carbocycles. The maximum absolute atomic E-state index is 12.4. The van der Waals surface area contributed by atoms with Gasteiger partial charge in [0.05, 0.1) is 6.42 Å². The van der Waals surface area contributed by atoms with E-state index in [2.05, 4.69) is 4.74 Å². The van der Waals surface area contributed by atoms with E-state index in [1.165, 1.54) is 0 Å². The Kier molecular flexibility index (Phi) is 6.97. The molecule has 0 radical (unpaired) electrons. The van der Waals surface area contributed by atoms with Gasteiger partial charge in [0.25, 0.3) is 0 Å². The minimum atomic E-state index is -4.43. The molecule has 0 heterocycles. The predicted molar refractivity (Wildman–Crippen MR) is 70.1 cm³/mol. The van der Waals surface area contributed by atoms with Crippen LogP contribution in [-0.2, 0) is 14.3 Å². The monoisotopic (exact) mass is 312 g/mol. The first-order valence-electron chi connectivity index (χ1n) is 6.07. The van der Waals surface area contributed by atoms with Gasteiger partial charge in [-0.2, -0.15) is 13.2 Å². The van der Waals surface area contributed by atoms with Crippen LogP contribution in [-0.4, -0.2) is 37.4 Å². The van der Waals surface area contributed by atoms with Crippen molar-refractivity contribution in [3.63, 3.8) is 0 Å². The van der Waals surface area contributed by atoms with Gasteiger partial charge in [-0.15, -0.1) is 0 Å². The molecule has 0 aliphatic heterocycles. The number of ether oxygens (including phenoxy) is 1. The van der Waals surface area contributed by atoms with Crippen molar-refractivity contribution in [2.75, 3.05) is 0 Å². The summed E-state index contributed by atoms with van der Waals surface area (Å²) >= 11 is 0. The van der Waals surface area contributed by atoms with E-state index in [1.807, 2.05) is 19.6 Å². The maximum Gasteiger partial charge on any atom is 0.392 e. The quantitative estimate of drug-likeness (QED) is 0.445. The normalized spacial score (nSPS) is 14.3. The molecule has 20 heavy (non-hydrogen) atoms. The fourth-order valence-electron chi connectivity index (χ4n) is 1.40. The van der Waals surface area contributed by atoms with Crippen LogP contribution >= 0.6 is 0 Å². The molecule has 116 valence electrons. The smallest absolute Gasteiger partial charge is 0.392 e. The first-order valence-corrected chi connectivity index (χ1v) is 9.78. The van der Waals surface area contributed by atoms with Crippen LogP contribution in [0.1, 0.15) is 12.8 Å². The topological polar surface area (TPSA) is 63.6 Å². The summed E-state index contributed by atoms with van der Waals surface area (Å²) in [6.07, 6.45) is -5.65. The van der Waals surface area contributed by atoms with Gasteiger partial charge in [0.1, 0.15) is 6.10 Å². The Morgan fingerprint density at radius 2 is 1.80 bits per heavy atom. The summed E-state index contributed by atoms with van der Waals surface area (Å²) in [6.45, 7) is 6.01. The number of hydrogen-bond acceptors (Lipinski definition) is 3. The second-order valence-corrected chi connectivity index (χ2v) is 11.3. The van der Waals surface area contributed by atoms with Gasteiger partial charge in [-0.3, -0.25) is 0 Å². The molecule has 0 saturated carbocycles. The largest absolute Gasteiger partial charge is 0.478 e. The third kappa shape index (κ3) is 11.8. The van der Waals surface area contributed by atoms with Gasteiger partial charge in [-0.1, -0.05) is 25.7 Å². The number of alkyl halides is 3. The van der Waals surface area contributed by atoms with Crippen LogP contribution in [0.2, 0.25) is 25.7 Å². The molecule has 0 fully saturated rings. The van der Waals surface area contributed by atoms with Gasteiger partial charge in [0, 0.05) is 20.2 Å². The van der Waals surface area contributed by atoms with Crippen molar-refractivity contribution in [3.05, 3.63) is 12.2 Å². The number of carboxylic acids is 1. The Bertz CT molecular complexity index is 372. The lowest BCUT2D eigenvalue weighted by Gasteiger charge is -2.22. The number of hydrogen-bond donors (Lipinski definition) is 1. The van der Waals surface area contributed by atoms with Gasteiger partial charge < -0.3 is 9.84 Å². The number of carbonyl (C=O) groups is 2. The standard InChI is InChI=1S/C12H19F3O4Si/c1-20(2,3)7-6-9(8-12(13,14)15)19-11(18)5-4-10(16)17/h4-5,9H,6-8H2,1-3H3,(H,16,17)/b5-4+. The van der Waals surface area contributed by atoms with Gasteiger partial charge >= 0.3 is 18.1 Å². The summed E-state index contributed by atoms with van der Waals surface area (Å²) < 4.78 is 41.9. The minimum absolute atomic E-state index is 0.127. The second kappa shape index (κ2) is 7.46. The summed E-state index contributed by atoms with van der Waals surface area (Å²) in [7, 11) is -1.55. The Morgan fingerprint density at radius 3 is 2.20 bits per heavy atom. The van der Waals surface area contributed by atoms with Crippen LogP contribution in [0.5, 0.6) is 0 Å². The Morgan fingerprint density at radius 1 is 1.25 bits per heavy atom. The van der Waals surface area contributed by atoms with Crippen molar-refractivity contribution in [1.82, 2.24) is 0 Å². The van der Waals surface area contributed by atoms with Crippen molar-refractivity contribution in [1.29, 1.82) is 0 Å². The zero-order valence-corrected chi connectivity index (χ0v) is 12.7. The highest BCUT2D eigenvalue weighted by Crippen LogP contribution is 2.27. The van der Waals surface area contributed by atoms with E-state index in [0.717, 1.165) is 0 Å². The number of esters is 1. The Labute approximate surface area is 116 Å². The maximum atomic E-state index is 12.4. The molecule has 1 unspecified atom stereocenters. The fourth-order valence-corrected chi connectivity index (χ4v) is 2.59. The van der Waals surface area contributed by atoms with Gasteiger partial charge in [0.2, 0.25) is 0 Å². The minimum Gasteiger partial charge on any atom is -0.478 e. The van der Waals surface area contributed by atoms with E-state index in [1.54, 1.807) is 0 Å². The third-order valence-electron chi connectivity index (χ3n) is 2.32. The van der Waals surface area contributed by atoms with Crippen LogP contribution in [0.25, 0.3) is 0 Å². The van der Waals surface area contributed by atoms with E-state index in [-0.39, 0.29) is 6.42 Å². The summed E-state index contributed by atoms with van der Waals surface area (Å²) in [5.41, 5.74) is 0. The average molecular weight is 312 g/mol. The summed E-state index contributed by atoms with van der Waals surface area (Å²) in [5, 5.41) is 8.32. The molecule has 0 aromatic heterocycles. The molecule has 0 amide bonds. The molecule has 0 aromatic carbocycles. The molecule has 8 heteroatoms. The number of halogens is 3. The Hall–Kier alpha value is -1.31. The number of rotatable bonds is 7. The van der Waals surface area contributed by atoms with Gasteiger partial charge in [-0.05, 0) is 6.42 Å². The zero-order chi connectivity index (χ0) is 16.0. The van der Waals surface area contributed by atoms with Crippen molar-refractivity contribution >= 4 is 20.0 Å². The lowest BCUT2D eigenvalue weighted by Crippen LogP contribution is -2.28. The lowest BCUT2D eigenvalue weighted by atomic mass is 10.2. The van der Waals surface area contributed by atoms with E-state index < -0.39 is 38.7 Å². The highest BCUT2D eigenvalue weighted by Gasteiger charge is 2.34. The highest BCUT2D eigenvalue weighted by atomic mass is 28.3. The third-order valence-corrected chi connectivity index (χ3v) is 4.11. The van der Waals surface area contributed by atoms with Gasteiger partial charge in [0.15, 0.2) is 0 Å². The lowest BCUT2D eigenvalue weighted by molar-refractivity contribution is -0.169. The molecule has 1 N–H and O–H groups in total. The van der Waals surface area contributed by atoms with E-state index >= 15 is 0 Å². The predicted octanol–water partition coefficient (Wildman–Crippen LogP) is 3.22. The fraction of sp³-hybridized carbons (Fsp3) is 0.667. The molecular formula is C12H19F3O4Si. The zero-order valence-electron chi connectivity index (χ0n) is 11.7. The number of carbonyl (C=O) groups excluding carboxylic acids is 1. The highest BCUT2D eigenvalue weighted by molar-refractivity contribution is 6.76. The molecule has 1 atom stereocenters. The first-order chi connectivity index (χ1) is 8.89. The average Bonchev–Trinajstić information content (AvgIpc) is 2.20. The molecule has 4 nitrogen and oxygen atoms in total. The Balaban J connectivity index is 4.60. The molecule has 0 aliphatic rings. The van der Waals surface area contributed by atoms with E-state index in [0.29, 0.717) is 18.2 Å². The van der Waals surface area contributed by atoms with E-state index in [4.69, 9.17) is 5.11 Å². The van der Waals surface area contributed by atoms with Crippen LogP contribution < -0.4 is 0 Å². The molecule has 0 aromatic rings. The van der Waals surface area contributed by atoms with Crippen molar-refractivity contribution in [2.24, 2.45) is 0 Å². The van der Waals surface area contributed by atoms with Crippen LogP contribution in [0, 0.1) is 0 Å². The first kappa shape index (κ1) is 18.7. The molecule has 0 saturated heterocycles. The van der Waals surface area contributed by atoms with Gasteiger partial charge in [-0.25, -0.2) is 9.59 Å². The molecular weight excluding hydrogens is 293 g/mol. The molecule has 0 bridgehead atoms. The number of aliphatic carboxylic acids is 1. The van der Waals surface area contributed by atoms with Crippen molar-refractivity contribution in [3.8, 4) is 0 Å². The van der Waals surface area contributed by atoms with Crippen molar-refractivity contribution in [2.45, 2.75) is 50.8 Å². The van der Waals surface area contributed by atoms with Crippen LogP contribution in [0.4, 0.5) is 13.2 Å². The summed E-state index contributed by atoms with van der Waals surface area (Å²) in [5.74, 6) is -2.44.